The molecule has 1 heterocycles. The second-order valence-electron chi connectivity index (χ2n) is 4.63. The van der Waals surface area contributed by atoms with E-state index < -0.39 is 6.09 Å². The largest absolute Gasteiger partial charge is 0.448 e. The molecule has 0 bridgehead atoms. The monoisotopic (exact) mass is 274 g/mol. The topological polar surface area (TPSA) is 67.8 Å². The molecule has 2 amide bonds. The van der Waals surface area contributed by atoms with Crippen LogP contribution in [0.5, 0.6) is 0 Å². The van der Waals surface area contributed by atoms with E-state index >= 15 is 0 Å². The fourth-order valence-electron chi connectivity index (χ4n) is 2.32. The lowest BCUT2D eigenvalue weighted by molar-refractivity contribution is -0.116. The highest BCUT2D eigenvalue weighted by Gasteiger charge is 2.25. The van der Waals surface area contributed by atoms with Gasteiger partial charge in [-0.25, -0.2) is 4.79 Å². The maximum Gasteiger partial charge on any atom is 0.434 e. The summed E-state index contributed by atoms with van der Waals surface area (Å²) in [6.45, 7) is 4.10. The Balaban J connectivity index is 2.22. The first-order valence-corrected chi connectivity index (χ1v) is 6.80. The molecule has 20 heavy (non-hydrogen) atoms. The van der Waals surface area contributed by atoms with Gasteiger partial charge in [0.25, 0.3) is 0 Å². The molecule has 1 aliphatic carbocycles. The van der Waals surface area contributed by atoms with Gasteiger partial charge in [0.2, 0.25) is 5.91 Å². The molecule has 5 nitrogen and oxygen atoms in total. The van der Waals surface area contributed by atoms with E-state index in [4.69, 9.17) is 4.74 Å². The summed E-state index contributed by atoms with van der Waals surface area (Å²) in [5.41, 5.74) is 2.35. The van der Waals surface area contributed by atoms with Crippen molar-refractivity contribution in [1.29, 1.82) is 0 Å². The third-order valence-electron chi connectivity index (χ3n) is 3.11. The van der Waals surface area contributed by atoms with Crippen LogP contribution >= 0.6 is 0 Å². The van der Waals surface area contributed by atoms with Crippen molar-refractivity contribution >= 4 is 17.7 Å². The Morgan fingerprint density at radius 2 is 2.20 bits per heavy atom. The van der Waals surface area contributed by atoms with Crippen molar-refractivity contribution in [3.8, 4) is 0 Å². The van der Waals surface area contributed by atoms with E-state index in [-0.39, 0.29) is 11.8 Å². The molecule has 0 aromatic rings. The number of fused-ring (bicyclic) bond motifs is 1. The number of aliphatic imine (C=N–C) groups is 1. The number of allylic oxidation sites excluding steroid dienone is 3. The lowest BCUT2D eigenvalue weighted by atomic mass is 9.85. The number of nitrogens with one attached hydrogen (secondary N) is 1. The van der Waals surface area contributed by atoms with Gasteiger partial charge in [0.1, 0.15) is 0 Å². The van der Waals surface area contributed by atoms with E-state index in [0.29, 0.717) is 12.3 Å². The molecule has 2 aliphatic rings. The highest BCUT2D eigenvalue weighted by atomic mass is 16.5. The minimum atomic E-state index is -0.617. The molecule has 106 valence electrons. The molecule has 2 rings (SSSR count). The number of ether oxygens (including phenoxy) is 1. The fourth-order valence-corrected chi connectivity index (χ4v) is 2.32. The van der Waals surface area contributed by atoms with Crippen molar-refractivity contribution < 1.29 is 14.3 Å². The molecule has 0 fully saturated rings. The first kappa shape index (κ1) is 14.2. The molecule has 1 unspecified atom stereocenters. The van der Waals surface area contributed by atoms with Gasteiger partial charge in [-0.05, 0) is 25.5 Å². The van der Waals surface area contributed by atoms with E-state index in [9.17, 15) is 9.59 Å². The molecule has 0 radical (unpaired) electrons. The summed E-state index contributed by atoms with van der Waals surface area (Å²) >= 11 is 0. The van der Waals surface area contributed by atoms with Crippen molar-refractivity contribution in [2.75, 3.05) is 6.61 Å². The van der Waals surface area contributed by atoms with Gasteiger partial charge >= 0.3 is 6.09 Å². The molecule has 0 saturated carbocycles. The van der Waals surface area contributed by atoms with Crippen LogP contribution in [0.25, 0.3) is 0 Å². The third kappa shape index (κ3) is 3.23. The van der Waals surface area contributed by atoms with Gasteiger partial charge in [0.15, 0.2) is 0 Å². The Bertz CT molecular complexity index is 541. The van der Waals surface area contributed by atoms with E-state index in [1.807, 2.05) is 6.08 Å². The number of hydrogen-bond donors (Lipinski definition) is 1. The molecule has 1 atom stereocenters. The first-order chi connectivity index (χ1) is 9.63. The zero-order valence-corrected chi connectivity index (χ0v) is 11.7. The maximum atomic E-state index is 11.7. The quantitative estimate of drug-likeness (QED) is 0.859. The van der Waals surface area contributed by atoms with Crippen LogP contribution in [0.2, 0.25) is 0 Å². The van der Waals surface area contributed by atoms with Crippen LogP contribution in [0, 0.1) is 5.92 Å². The van der Waals surface area contributed by atoms with E-state index in [1.54, 1.807) is 25.2 Å². The second-order valence-corrected chi connectivity index (χ2v) is 4.63. The van der Waals surface area contributed by atoms with E-state index in [0.717, 1.165) is 24.1 Å². The molecule has 0 aromatic heterocycles. The smallest absolute Gasteiger partial charge is 0.434 e. The second kappa shape index (κ2) is 6.32. The van der Waals surface area contributed by atoms with Gasteiger partial charge in [0, 0.05) is 17.7 Å². The van der Waals surface area contributed by atoms with E-state index in [1.165, 1.54) is 0 Å². The summed E-state index contributed by atoms with van der Waals surface area (Å²) in [4.78, 5) is 26.8. The maximum absolute atomic E-state index is 11.7. The van der Waals surface area contributed by atoms with Gasteiger partial charge in [-0.3, -0.25) is 4.79 Å². The lowest BCUT2D eigenvalue weighted by Crippen LogP contribution is -2.33. The standard InChI is InChI=1S/C15H18N2O3/c1-3-5-10-8-14(18)17-13-9-11(6-7-12(10)13)16-15(19)20-4-2/h6-9,12H,3-5H2,1-2H3,(H,17,18)/b16-11-. The summed E-state index contributed by atoms with van der Waals surface area (Å²) in [7, 11) is 0. The zero-order chi connectivity index (χ0) is 14.5. The molecule has 1 aliphatic heterocycles. The normalized spacial score (nSPS) is 22.8. The Kier molecular flexibility index (Phi) is 4.50. The van der Waals surface area contributed by atoms with Crippen LogP contribution in [-0.2, 0) is 9.53 Å². The third-order valence-corrected chi connectivity index (χ3v) is 3.11. The SMILES string of the molecule is CCCC1=CC(=O)NC2=C/C(=N\C(=O)OCC)C=CC12. The minimum Gasteiger partial charge on any atom is -0.448 e. The average Bonchev–Trinajstić information content (AvgIpc) is 2.38. The summed E-state index contributed by atoms with van der Waals surface area (Å²) in [5.74, 6) is -0.0458. The number of carbonyl (C=O) groups is 2. The van der Waals surface area contributed by atoms with Gasteiger partial charge in [-0.15, -0.1) is 0 Å². The summed E-state index contributed by atoms with van der Waals surface area (Å²) in [5, 5.41) is 2.80. The molecule has 5 heteroatoms. The van der Waals surface area contributed by atoms with Gasteiger partial charge in [0.05, 0.1) is 12.3 Å². The minimum absolute atomic E-state index is 0.0776. The van der Waals surface area contributed by atoms with Crippen molar-refractivity contribution in [1.82, 2.24) is 5.32 Å². The molecular weight excluding hydrogens is 256 g/mol. The summed E-state index contributed by atoms with van der Waals surface area (Å²) < 4.78 is 4.77. The van der Waals surface area contributed by atoms with Gasteiger partial charge < -0.3 is 10.1 Å². The molecule has 0 spiro atoms. The summed E-state index contributed by atoms with van der Waals surface area (Å²) in [6.07, 6.45) is 8.37. The Morgan fingerprint density at radius 1 is 1.40 bits per heavy atom. The van der Waals surface area contributed by atoms with Crippen LogP contribution in [0.1, 0.15) is 26.7 Å². The number of rotatable bonds is 3. The highest BCUT2D eigenvalue weighted by Crippen LogP contribution is 2.29. The zero-order valence-electron chi connectivity index (χ0n) is 11.7. The Labute approximate surface area is 118 Å². The first-order valence-electron chi connectivity index (χ1n) is 6.80. The van der Waals surface area contributed by atoms with Crippen LogP contribution in [-0.4, -0.2) is 24.3 Å². The predicted octanol–water partition coefficient (Wildman–Crippen LogP) is 2.51. The Hall–Kier alpha value is -2.17. The number of nitrogens with zero attached hydrogens (tertiary/aromatic N) is 1. The molecule has 1 N–H and O–H groups in total. The van der Waals surface area contributed by atoms with Crippen LogP contribution < -0.4 is 5.32 Å². The fraction of sp³-hybridized carbons (Fsp3) is 0.400. The molecule has 0 aromatic carbocycles. The predicted molar refractivity (Wildman–Crippen MR) is 76.3 cm³/mol. The molecular formula is C15H18N2O3. The van der Waals surface area contributed by atoms with Crippen LogP contribution in [0.3, 0.4) is 0 Å². The van der Waals surface area contributed by atoms with Crippen molar-refractivity contribution in [3.05, 3.63) is 35.6 Å². The Morgan fingerprint density at radius 3 is 2.90 bits per heavy atom. The van der Waals surface area contributed by atoms with Crippen LogP contribution in [0.15, 0.2) is 40.6 Å². The van der Waals surface area contributed by atoms with E-state index in [2.05, 4.69) is 17.2 Å². The van der Waals surface area contributed by atoms with Gasteiger partial charge in [-0.2, -0.15) is 4.99 Å². The van der Waals surface area contributed by atoms with Crippen molar-refractivity contribution in [3.63, 3.8) is 0 Å². The summed E-state index contributed by atoms with van der Waals surface area (Å²) in [6, 6.07) is 0. The van der Waals surface area contributed by atoms with Gasteiger partial charge in [-0.1, -0.05) is 25.0 Å². The highest BCUT2D eigenvalue weighted by molar-refractivity contribution is 6.10. The lowest BCUT2D eigenvalue weighted by Gasteiger charge is -2.27. The number of amides is 2. The molecule has 0 saturated heterocycles. The number of hydrogen-bond acceptors (Lipinski definition) is 3. The van der Waals surface area contributed by atoms with Crippen LogP contribution in [0.4, 0.5) is 4.79 Å². The average molecular weight is 274 g/mol. The van der Waals surface area contributed by atoms with Crippen molar-refractivity contribution in [2.45, 2.75) is 26.7 Å². The van der Waals surface area contributed by atoms with Crippen molar-refractivity contribution in [2.24, 2.45) is 10.9 Å². The number of carbonyl (C=O) groups excluding carboxylic acids is 2.